The Balaban J connectivity index is 1.91. The lowest BCUT2D eigenvalue weighted by molar-refractivity contribution is 0.0784. The van der Waals surface area contributed by atoms with E-state index in [0.29, 0.717) is 12.5 Å². The number of hydrogen-bond donors (Lipinski definition) is 1. The lowest BCUT2D eigenvalue weighted by atomic mass is 9.68. The van der Waals surface area contributed by atoms with Gasteiger partial charge < -0.3 is 5.11 Å². The van der Waals surface area contributed by atoms with Gasteiger partial charge in [0.15, 0.2) is 0 Å². The van der Waals surface area contributed by atoms with Gasteiger partial charge in [-0.25, -0.2) is 0 Å². The van der Waals surface area contributed by atoms with Crippen molar-refractivity contribution in [3.05, 3.63) is 0 Å². The van der Waals surface area contributed by atoms with Crippen molar-refractivity contribution in [1.82, 2.24) is 0 Å². The maximum absolute atomic E-state index is 9.39. The molecule has 2 aliphatic rings. The van der Waals surface area contributed by atoms with Crippen molar-refractivity contribution in [1.29, 1.82) is 0 Å². The Bertz CT molecular complexity index is 161. The number of hydrogen-bond acceptors (Lipinski definition) is 1. The standard InChI is InChI=1S/C13H24O/c14-10-12-8-4-5-9-13(12)11-6-2-1-3-7-11/h11-14H,1-10H2. The lowest BCUT2D eigenvalue weighted by Crippen LogP contribution is -2.30. The van der Waals surface area contributed by atoms with Crippen molar-refractivity contribution in [2.75, 3.05) is 6.61 Å². The van der Waals surface area contributed by atoms with E-state index in [1.807, 2.05) is 0 Å². The summed E-state index contributed by atoms with van der Waals surface area (Å²) in [6.07, 6.45) is 12.7. The molecule has 14 heavy (non-hydrogen) atoms. The maximum atomic E-state index is 9.39. The molecule has 2 fully saturated rings. The third kappa shape index (κ3) is 2.31. The minimum Gasteiger partial charge on any atom is -0.396 e. The van der Waals surface area contributed by atoms with Gasteiger partial charge in [0.05, 0.1) is 0 Å². The van der Waals surface area contributed by atoms with Crippen molar-refractivity contribution < 1.29 is 5.11 Å². The normalized spacial score (nSPS) is 35.8. The smallest absolute Gasteiger partial charge is 0.0462 e. The molecule has 0 amide bonds. The summed E-state index contributed by atoms with van der Waals surface area (Å²) in [5, 5.41) is 9.39. The van der Waals surface area contributed by atoms with Gasteiger partial charge in [0, 0.05) is 6.61 Å². The Morgan fingerprint density at radius 1 is 0.786 bits per heavy atom. The molecular formula is C13H24O. The highest BCUT2D eigenvalue weighted by Crippen LogP contribution is 2.41. The lowest BCUT2D eigenvalue weighted by Gasteiger charge is -2.38. The zero-order chi connectivity index (χ0) is 9.80. The molecule has 2 aliphatic carbocycles. The second kappa shape index (κ2) is 5.16. The predicted octanol–water partition coefficient (Wildman–Crippen LogP) is 3.37. The van der Waals surface area contributed by atoms with Gasteiger partial charge in [-0.15, -0.1) is 0 Å². The molecule has 0 aliphatic heterocycles. The maximum Gasteiger partial charge on any atom is 0.0462 e. The summed E-state index contributed by atoms with van der Waals surface area (Å²) in [6, 6.07) is 0. The SMILES string of the molecule is OCC1CCCCC1C1CCCCC1. The highest BCUT2D eigenvalue weighted by Gasteiger charge is 2.31. The summed E-state index contributed by atoms with van der Waals surface area (Å²) in [6.45, 7) is 0.446. The van der Waals surface area contributed by atoms with Crippen LogP contribution in [-0.4, -0.2) is 11.7 Å². The van der Waals surface area contributed by atoms with Crippen LogP contribution in [0.15, 0.2) is 0 Å². The summed E-state index contributed by atoms with van der Waals surface area (Å²) < 4.78 is 0. The molecule has 0 spiro atoms. The van der Waals surface area contributed by atoms with E-state index < -0.39 is 0 Å². The number of aliphatic hydroxyl groups excluding tert-OH is 1. The molecule has 0 aromatic rings. The Hall–Kier alpha value is -0.0400. The fraction of sp³-hybridized carbons (Fsp3) is 1.00. The molecule has 0 radical (unpaired) electrons. The Morgan fingerprint density at radius 3 is 2.14 bits per heavy atom. The van der Waals surface area contributed by atoms with Gasteiger partial charge in [-0.2, -0.15) is 0 Å². The van der Waals surface area contributed by atoms with Crippen LogP contribution in [-0.2, 0) is 0 Å². The zero-order valence-electron chi connectivity index (χ0n) is 9.25. The molecule has 2 saturated carbocycles. The van der Waals surface area contributed by atoms with E-state index in [9.17, 15) is 5.11 Å². The zero-order valence-corrected chi connectivity index (χ0v) is 9.25. The molecular weight excluding hydrogens is 172 g/mol. The first-order chi connectivity index (χ1) is 6.92. The Labute approximate surface area is 87.9 Å². The molecule has 0 bridgehead atoms. The first kappa shape index (κ1) is 10.5. The molecule has 1 nitrogen and oxygen atoms in total. The molecule has 0 aromatic carbocycles. The third-order valence-electron chi connectivity index (χ3n) is 4.46. The Morgan fingerprint density at radius 2 is 1.43 bits per heavy atom. The molecule has 0 saturated heterocycles. The largest absolute Gasteiger partial charge is 0.396 e. The molecule has 82 valence electrons. The predicted molar refractivity (Wildman–Crippen MR) is 59.1 cm³/mol. The van der Waals surface area contributed by atoms with E-state index in [1.54, 1.807) is 0 Å². The van der Waals surface area contributed by atoms with Crippen LogP contribution in [0.3, 0.4) is 0 Å². The number of rotatable bonds is 2. The summed E-state index contributed by atoms with van der Waals surface area (Å²) in [7, 11) is 0. The van der Waals surface area contributed by atoms with Gasteiger partial charge in [-0.1, -0.05) is 44.9 Å². The van der Waals surface area contributed by atoms with E-state index in [1.165, 1.54) is 57.8 Å². The second-order valence-corrected chi connectivity index (χ2v) is 5.29. The van der Waals surface area contributed by atoms with Gasteiger partial charge in [0.25, 0.3) is 0 Å². The molecule has 0 aromatic heterocycles. The molecule has 1 heteroatoms. The van der Waals surface area contributed by atoms with Crippen LogP contribution in [0.1, 0.15) is 57.8 Å². The minimum atomic E-state index is 0.446. The van der Waals surface area contributed by atoms with Crippen LogP contribution < -0.4 is 0 Å². The van der Waals surface area contributed by atoms with Gasteiger partial charge in [0.1, 0.15) is 0 Å². The van der Waals surface area contributed by atoms with E-state index in [4.69, 9.17) is 0 Å². The van der Waals surface area contributed by atoms with Gasteiger partial charge in [-0.3, -0.25) is 0 Å². The van der Waals surface area contributed by atoms with Crippen molar-refractivity contribution in [2.45, 2.75) is 57.8 Å². The first-order valence-corrected chi connectivity index (χ1v) is 6.52. The van der Waals surface area contributed by atoms with Crippen LogP contribution >= 0.6 is 0 Å². The fourth-order valence-corrected chi connectivity index (χ4v) is 3.65. The van der Waals surface area contributed by atoms with Crippen molar-refractivity contribution in [3.63, 3.8) is 0 Å². The third-order valence-corrected chi connectivity index (χ3v) is 4.46. The molecule has 0 heterocycles. The van der Waals surface area contributed by atoms with Gasteiger partial charge in [0.2, 0.25) is 0 Å². The summed E-state index contributed by atoms with van der Waals surface area (Å²) in [5.74, 6) is 2.47. The summed E-state index contributed by atoms with van der Waals surface area (Å²) >= 11 is 0. The van der Waals surface area contributed by atoms with Crippen molar-refractivity contribution in [2.24, 2.45) is 17.8 Å². The van der Waals surface area contributed by atoms with E-state index >= 15 is 0 Å². The summed E-state index contributed by atoms with van der Waals surface area (Å²) in [4.78, 5) is 0. The minimum absolute atomic E-state index is 0.446. The van der Waals surface area contributed by atoms with Crippen LogP contribution in [0.2, 0.25) is 0 Å². The van der Waals surface area contributed by atoms with Crippen LogP contribution in [0.25, 0.3) is 0 Å². The van der Waals surface area contributed by atoms with Crippen molar-refractivity contribution in [3.8, 4) is 0 Å². The number of aliphatic hydroxyl groups is 1. The highest BCUT2D eigenvalue weighted by atomic mass is 16.3. The average Bonchev–Trinajstić information content (AvgIpc) is 2.30. The van der Waals surface area contributed by atoms with Crippen LogP contribution in [0, 0.1) is 17.8 Å². The van der Waals surface area contributed by atoms with E-state index in [0.717, 1.165) is 11.8 Å². The molecule has 2 rings (SSSR count). The Kier molecular flexibility index (Phi) is 3.86. The summed E-state index contributed by atoms with van der Waals surface area (Å²) in [5.41, 5.74) is 0. The topological polar surface area (TPSA) is 20.2 Å². The van der Waals surface area contributed by atoms with Crippen LogP contribution in [0.4, 0.5) is 0 Å². The average molecular weight is 196 g/mol. The molecule has 2 atom stereocenters. The first-order valence-electron chi connectivity index (χ1n) is 6.52. The van der Waals surface area contributed by atoms with Gasteiger partial charge >= 0.3 is 0 Å². The van der Waals surface area contributed by atoms with E-state index in [-0.39, 0.29) is 0 Å². The monoisotopic (exact) mass is 196 g/mol. The van der Waals surface area contributed by atoms with Crippen LogP contribution in [0.5, 0.6) is 0 Å². The fourth-order valence-electron chi connectivity index (χ4n) is 3.65. The van der Waals surface area contributed by atoms with E-state index in [2.05, 4.69) is 0 Å². The second-order valence-electron chi connectivity index (χ2n) is 5.29. The quantitative estimate of drug-likeness (QED) is 0.718. The molecule has 2 unspecified atom stereocenters. The highest BCUT2D eigenvalue weighted by molar-refractivity contribution is 4.82. The van der Waals surface area contributed by atoms with Gasteiger partial charge in [-0.05, 0) is 30.6 Å². The molecule has 1 N–H and O–H groups in total. The van der Waals surface area contributed by atoms with Crippen molar-refractivity contribution >= 4 is 0 Å².